The van der Waals surface area contributed by atoms with Gasteiger partial charge in [0.25, 0.3) is 5.91 Å². The van der Waals surface area contributed by atoms with Crippen molar-refractivity contribution in [1.29, 1.82) is 0 Å². The average Bonchev–Trinajstić information content (AvgIpc) is 3.54. The van der Waals surface area contributed by atoms with Crippen molar-refractivity contribution in [1.82, 2.24) is 10.2 Å². The molecule has 3 rings (SSSR count). The van der Waals surface area contributed by atoms with Gasteiger partial charge in [-0.15, -0.1) is 0 Å². The Morgan fingerprint density at radius 3 is 2.13 bits per heavy atom. The maximum absolute atomic E-state index is 14.1. The van der Waals surface area contributed by atoms with Crippen molar-refractivity contribution in [2.24, 2.45) is 5.92 Å². The fraction of sp³-hybridized carbons (Fsp3) is 0.500. The predicted molar refractivity (Wildman–Crippen MR) is 155 cm³/mol. The van der Waals surface area contributed by atoms with Crippen LogP contribution in [0, 0.1) is 33.6 Å². The fourth-order valence-corrected chi connectivity index (χ4v) is 4.81. The third-order valence-electron chi connectivity index (χ3n) is 6.95. The molecule has 1 aliphatic rings. The highest BCUT2D eigenvalue weighted by molar-refractivity contribution is 7.80. The summed E-state index contributed by atoms with van der Waals surface area (Å²) in [4.78, 5) is 42.4. The Balaban J connectivity index is 2.04. The molecule has 0 spiro atoms. The molecule has 0 aliphatic heterocycles. The predicted octanol–water partition coefficient (Wildman–Crippen LogP) is 5.66. The first-order chi connectivity index (χ1) is 17.7. The highest BCUT2D eigenvalue weighted by atomic mass is 32.1. The van der Waals surface area contributed by atoms with Gasteiger partial charge < -0.3 is 20.3 Å². The van der Waals surface area contributed by atoms with Gasteiger partial charge in [-0.05, 0) is 88.6 Å². The summed E-state index contributed by atoms with van der Waals surface area (Å²) in [5.74, 6) is -0.370. The molecule has 206 valence electrons. The monoisotopic (exact) mass is 539 g/mol. The highest BCUT2D eigenvalue weighted by Gasteiger charge is 2.48. The first kappa shape index (κ1) is 29.6. The van der Waals surface area contributed by atoms with E-state index in [1.165, 1.54) is 0 Å². The maximum Gasteiger partial charge on any atom is 0.408 e. The summed E-state index contributed by atoms with van der Waals surface area (Å²) >= 11 is 4.37. The van der Waals surface area contributed by atoms with E-state index in [0.29, 0.717) is 0 Å². The van der Waals surface area contributed by atoms with Crippen molar-refractivity contribution in [2.45, 2.75) is 85.5 Å². The molecule has 7 nitrogen and oxygen atoms in total. The number of ether oxygens (including phenoxy) is 1. The van der Waals surface area contributed by atoms with E-state index in [-0.39, 0.29) is 29.5 Å². The number of nitrogens with zero attached hydrogens (tertiary/aromatic N) is 1. The summed E-state index contributed by atoms with van der Waals surface area (Å²) < 4.78 is 5.39. The van der Waals surface area contributed by atoms with E-state index in [0.717, 1.165) is 39.9 Å². The smallest absolute Gasteiger partial charge is 0.408 e. The molecule has 2 N–H and O–H groups in total. The van der Waals surface area contributed by atoms with Crippen LogP contribution >= 0.6 is 12.6 Å². The number of hydrogen-bond donors (Lipinski definition) is 3. The molecule has 0 aromatic heterocycles. The Bertz CT molecular complexity index is 1190. The topological polar surface area (TPSA) is 87.7 Å². The van der Waals surface area contributed by atoms with Gasteiger partial charge >= 0.3 is 6.09 Å². The number of thiol groups is 1. The lowest BCUT2D eigenvalue weighted by molar-refractivity contribution is -0.141. The Hall–Kier alpha value is -3.00. The summed E-state index contributed by atoms with van der Waals surface area (Å²) in [5.41, 5.74) is 4.75. The molecule has 8 heteroatoms. The number of amides is 3. The zero-order chi connectivity index (χ0) is 28.4. The highest BCUT2D eigenvalue weighted by Crippen LogP contribution is 2.41. The SMILES string of the molecule is Cc1ccc(C(C(=O)Nc2c(C)cccc2C)N(C(=O)C(CS)NC(=O)OC(C)(C)C)C2CC2C)cc1C. The van der Waals surface area contributed by atoms with Crippen LogP contribution in [0.1, 0.15) is 68.0 Å². The fourth-order valence-electron chi connectivity index (χ4n) is 4.56. The molecule has 0 radical (unpaired) electrons. The van der Waals surface area contributed by atoms with Gasteiger partial charge in [0.1, 0.15) is 17.7 Å². The summed E-state index contributed by atoms with van der Waals surface area (Å²) in [6.07, 6.45) is 0.0755. The number of nitrogens with one attached hydrogen (secondary N) is 2. The van der Waals surface area contributed by atoms with Crippen molar-refractivity contribution in [3.8, 4) is 0 Å². The second-order valence-electron chi connectivity index (χ2n) is 11.4. The van der Waals surface area contributed by atoms with Gasteiger partial charge in [-0.25, -0.2) is 4.79 Å². The molecule has 4 unspecified atom stereocenters. The summed E-state index contributed by atoms with van der Waals surface area (Å²) in [5, 5.41) is 5.78. The van der Waals surface area contributed by atoms with Crippen molar-refractivity contribution in [2.75, 3.05) is 11.1 Å². The van der Waals surface area contributed by atoms with Crippen LogP contribution in [0.4, 0.5) is 10.5 Å². The summed E-state index contributed by atoms with van der Waals surface area (Å²) in [6, 6.07) is 9.70. The second kappa shape index (κ2) is 11.8. The first-order valence-electron chi connectivity index (χ1n) is 13.1. The van der Waals surface area contributed by atoms with E-state index >= 15 is 0 Å². The molecule has 38 heavy (non-hydrogen) atoms. The van der Waals surface area contributed by atoms with Crippen molar-refractivity contribution >= 4 is 36.2 Å². The molecular formula is C30H41N3O4S. The van der Waals surface area contributed by atoms with E-state index < -0.39 is 23.8 Å². The zero-order valence-electron chi connectivity index (χ0n) is 23.7. The Kier molecular flexibility index (Phi) is 9.18. The molecule has 1 fully saturated rings. The van der Waals surface area contributed by atoms with Crippen molar-refractivity contribution in [3.05, 3.63) is 64.2 Å². The maximum atomic E-state index is 14.1. The molecule has 1 aliphatic carbocycles. The lowest BCUT2D eigenvalue weighted by Crippen LogP contribution is -2.54. The van der Waals surface area contributed by atoms with Crippen molar-refractivity contribution in [3.63, 3.8) is 0 Å². The molecule has 2 aromatic rings. The van der Waals surface area contributed by atoms with Gasteiger partial charge in [-0.1, -0.05) is 43.3 Å². The average molecular weight is 540 g/mol. The second-order valence-corrected chi connectivity index (χ2v) is 11.8. The molecule has 1 saturated carbocycles. The van der Waals surface area contributed by atoms with Crippen molar-refractivity contribution < 1.29 is 19.1 Å². The van der Waals surface area contributed by atoms with E-state index in [4.69, 9.17) is 4.74 Å². The van der Waals surface area contributed by atoms with Crippen LogP contribution in [0.15, 0.2) is 36.4 Å². The number of hydrogen-bond acceptors (Lipinski definition) is 5. The first-order valence-corrected chi connectivity index (χ1v) is 13.7. The molecular weight excluding hydrogens is 498 g/mol. The van der Waals surface area contributed by atoms with Crippen LogP contribution < -0.4 is 10.6 Å². The van der Waals surface area contributed by atoms with Gasteiger partial charge in [0, 0.05) is 17.5 Å². The number of para-hydroxylation sites is 1. The number of alkyl carbamates (subject to hydrolysis) is 1. The standard InChI is InChI=1S/C30H41N3O4S/c1-17-12-13-22(14-20(17)4)26(27(34)32-25-18(2)10-9-11-19(25)3)33(24-15-21(24)5)28(35)23(16-38)31-29(36)37-30(6,7)8/h9-14,21,23-24,26,38H,15-16H2,1-8H3,(H,31,36)(H,32,34). The summed E-state index contributed by atoms with van der Waals surface area (Å²) in [6.45, 7) is 15.2. The normalized spacial score (nSPS) is 18.2. The Labute approximate surface area is 232 Å². The Morgan fingerprint density at radius 2 is 1.63 bits per heavy atom. The third-order valence-corrected chi connectivity index (χ3v) is 7.32. The third kappa shape index (κ3) is 7.10. The minimum absolute atomic E-state index is 0.0633. The van der Waals surface area contributed by atoms with Crippen LogP contribution in [0.25, 0.3) is 0 Å². The van der Waals surface area contributed by atoms with Crippen LogP contribution in [0.5, 0.6) is 0 Å². The number of rotatable bonds is 8. The molecule has 2 aromatic carbocycles. The Morgan fingerprint density at radius 1 is 1.03 bits per heavy atom. The number of carbonyl (C=O) groups is 3. The van der Waals surface area contributed by atoms with E-state index in [1.807, 2.05) is 64.1 Å². The zero-order valence-corrected chi connectivity index (χ0v) is 24.6. The van der Waals surface area contributed by atoms with Crippen LogP contribution in [0.2, 0.25) is 0 Å². The number of carbonyl (C=O) groups excluding carboxylic acids is 3. The molecule has 0 heterocycles. The van der Waals surface area contributed by atoms with Gasteiger partial charge in [0.2, 0.25) is 5.91 Å². The van der Waals surface area contributed by atoms with E-state index in [9.17, 15) is 14.4 Å². The quantitative estimate of drug-likeness (QED) is 0.378. The lowest BCUT2D eigenvalue weighted by Gasteiger charge is -2.35. The lowest BCUT2D eigenvalue weighted by atomic mass is 9.97. The van der Waals surface area contributed by atoms with Gasteiger partial charge in [-0.2, -0.15) is 12.6 Å². The van der Waals surface area contributed by atoms with Crippen LogP contribution in [0.3, 0.4) is 0 Å². The largest absolute Gasteiger partial charge is 0.444 e. The van der Waals surface area contributed by atoms with Gasteiger partial charge in [0.15, 0.2) is 0 Å². The molecule has 0 bridgehead atoms. The van der Waals surface area contributed by atoms with Crippen LogP contribution in [-0.2, 0) is 14.3 Å². The molecule has 4 atom stereocenters. The minimum atomic E-state index is -0.956. The summed E-state index contributed by atoms with van der Waals surface area (Å²) in [7, 11) is 0. The minimum Gasteiger partial charge on any atom is -0.444 e. The number of benzene rings is 2. The molecule has 0 saturated heterocycles. The number of anilines is 1. The molecule has 3 amide bonds. The van der Waals surface area contributed by atoms with Gasteiger partial charge in [0.05, 0.1) is 0 Å². The van der Waals surface area contributed by atoms with E-state index in [1.54, 1.807) is 25.7 Å². The van der Waals surface area contributed by atoms with Crippen LogP contribution in [-0.4, -0.2) is 46.2 Å². The van der Waals surface area contributed by atoms with Gasteiger partial charge in [-0.3, -0.25) is 9.59 Å². The number of aryl methyl sites for hydroxylation is 4. The van der Waals surface area contributed by atoms with E-state index in [2.05, 4.69) is 30.2 Å².